The molecule has 27 heavy (non-hydrogen) atoms. The third kappa shape index (κ3) is 3.77. The second kappa shape index (κ2) is 7.34. The van der Waals surface area contributed by atoms with E-state index in [9.17, 15) is 13.6 Å². The van der Waals surface area contributed by atoms with Crippen LogP contribution in [0.5, 0.6) is 5.75 Å². The summed E-state index contributed by atoms with van der Waals surface area (Å²) in [7, 11) is 0. The zero-order valence-corrected chi connectivity index (χ0v) is 14.6. The van der Waals surface area contributed by atoms with Crippen molar-refractivity contribution in [3.8, 4) is 5.75 Å². The summed E-state index contributed by atoms with van der Waals surface area (Å²) in [5.74, 6) is -1.64. The van der Waals surface area contributed by atoms with Gasteiger partial charge in [0, 0.05) is 37.0 Å². The number of pyridine rings is 1. The number of hydrogen-bond acceptors (Lipinski definition) is 3. The smallest absolute Gasteiger partial charge is 0.260 e. The van der Waals surface area contributed by atoms with E-state index >= 15 is 0 Å². The molecule has 5 nitrogen and oxygen atoms in total. The molecule has 4 rings (SSSR count). The normalized spacial score (nSPS) is 17.3. The number of likely N-dealkylation sites (tertiary alicyclic amines) is 1. The average molecular weight is 371 g/mol. The molecule has 0 aliphatic carbocycles. The summed E-state index contributed by atoms with van der Waals surface area (Å²) >= 11 is 0. The number of nitrogens with one attached hydrogen (secondary N) is 1. The van der Waals surface area contributed by atoms with Gasteiger partial charge in [-0.1, -0.05) is 0 Å². The molecule has 0 radical (unpaired) electrons. The number of amides is 1. The van der Waals surface area contributed by atoms with Crippen LogP contribution in [0.1, 0.15) is 24.5 Å². The highest BCUT2D eigenvalue weighted by atomic mass is 19.1. The summed E-state index contributed by atoms with van der Waals surface area (Å²) in [6.45, 7) is 0.938. The Kier molecular flexibility index (Phi) is 4.75. The van der Waals surface area contributed by atoms with Crippen molar-refractivity contribution in [2.24, 2.45) is 0 Å². The van der Waals surface area contributed by atoms with Gasteiger partial charge in [0.2, 0.25) is 0 Å². The number of carbonyl (C=O) groups excluding carboxylic acids is 1. The summed E-state index contributed by atoms with van der Waals surface area (Å²) in [5, 5.41) is 0. The quantitative estimate of drug-likeness (QED) is 0.762. The third-order valence-corrected chi connectivity index (χ3v) is 4.87. The number of aromatic nitrogens is 2. The highest BCUT2D eigenvalue weighted by molar-refractivity contribution is 5.78. The maximum Gasteiger partial charge on any atom is 0.260 e. The number of fused-ring (bicyclic) bond motifs is 1. The fourth-order valence-electron chi connectivity index (χ4n) is 3.48. The van der Waals surface area contributed by atoms with Crippen LogP contribution in [-0.4, -0.2) is 40.5 Å². The molecule has 0 spiro atoms. The lowest BCUT2D eigenvalue weighted by atomic mass is 9.95. The van der Waals surface area contributed by atoms with Gasteiger partial charge >= 0.3 is 0 Å². The molecule has 1 aliphatic heterocycles. The van der Waals surface area contributed by atoms with E-state index in [0.717, 1.165) is 41.7 Å². The lowest BCUT2D eigenvalue weighted by molar-refractivity contribution is -0.134. The number of nitrogens with zero attached hydrogens (tertiary/aromatic N) is 2. The zero-order chi connectivity index (χ0) is 18.8. The molecule has 0 bridgehead atoms. The molecule has 1 fully saturated rings. The van der Waals surface area contributed by atoms with Crippen molar-refractivity contribution < 1.29 is 18.3 Å². The molecule has 3 heterocycles. The van der Waals surface area contributed by atoms with Gasteiger partial charge in [-0.2, -0.15) is 0 Å². The average Bonchev–Trinajstić information content (AvgIpc) is 3.11. The minimum Gasteiger partial charge on any atom is -0.481 e. The van der Waals surface area contributed by atoms with E-state index in [1.54, 1.807) is 11.1 Å². The first-order chi connectivity index (χ1) is 13.1. The summed E-state index contributed by atoms with van der Waals surface area (Å²) in [6.07, 6.45) is 3.61. The van der Waals surface area contributed by atoms with E-state index < -0.39 is 11.6 Å². The van der Waals surface area contributed by atoms with Crippen LogP contribution in [-0.2, 0) is 4.79 Å². The number of aromatic amines is 1. The third-order valence-electron chi connectivity index (χ3n) is 4.87. The molecular formula is C20H19F2N3O2. The Morgan fingerprint density at radius 1 is 1.30 bits per heavy atom. The number of halogens is 2. The van der Waals surface area contributed by atoms with E-state index in [2.05, 4.69) is 9.97 Å². The van der Waals surface area contributed by atoms with Crippen molar-refractivity contribution in [3.63, 3.8) is 0 Å². The molecule has 140 valence electrons. The maximum absolute atomic E-state index is 13.6. The lowest BCUT2D eigenvalue weighted by Crippen LogP contribution is -2.41. The molecule has 0 unspecified atom stereocenters. The Bertz CT molecular complexity index is 940. The standard InChI is InChI=1S/C20H19F2N3O2/c21-14-5-6-19(15(22)9-14)27-12-20(26)25-8-2-3-13(11-25)17-10-18-16(24-17)4-1-7-23-18/h1,4-7,9-10,13,24H,2-3,8,11-12H2/t13-/m0/s1. The van der Waals surface area contributed by atoms with Gasteiger partial charge in [0.25, 0.3) is 5.91 Å². The maximum atomic E-state index is 13.6. The molecule has 1 aliphatic rings. The van der Waals surface area contributed by atoms with E-state index in [0.29, 0.717) is 13.1 Å². The number of benzene rings is 1. The Morgan fingerprint density at radius 2 is 2.19 bits per heavy atom. The first-order valence-electron chi connectivity index (χ1n) is 8.89. The molecule has 7 heteroatoms. The summed E-state index contributed by atoms with van der Waals surface area (Å²) < 4.78 is 31.8. The van der Waals surface area contributed by atoms with Crippen LogP contribution in [0.2, 0.25) is 0 Å². The number of rotatable bonds is 4. The number of H-pyrrole nitrogens is 1. The fraction of sp³-hybridized carbons (Fsp3) is 0.300. The Labute approximate surface area is 155 Å². The van der Waals surface area contributed by atoms with Crippen molar-refractivity contribution in [2.75, 3.05) is 19.7 Å². The van der Waals surface area contributed by atoms with Crippen LogP contribution in [0.25, 0.3) is 11.0 Å². The number of piperidine rings is 1. The van der Waals surface area contributed by atoms with Gasteiger partial charge in [-0.05, 0) is 43.2 Å². The van der Waals surface area contributed by atoms with Crippen molar-refractivity contribution in [2.45, 2.75) is 18.8 Å². The van der Waals surface area contributed by atoms with Gasteiger partial charge in [-0.3, -0.25) is 9.78 Å². The van der Waals surface area contributed by atoms with Crippen LogP contribution in [0.4, 0.5) is 8.78 Å². The van der Waals surface area contributed by atoms with Crippen LogP contribution in [0.3, 0.4) is 0 Å². The molecule has 0 saturated carbocycles. The van der Waals surface area contributed by atoms with Gasteiger partial charge in [0.05, 0.1) is 11.0 Å². The molecule has 1 saturated heterocycles. The predicted molar refractivity (Wildman–Crippen MR) is 96.5 cm³/mol. The topological polar surface area (TPSA) is 58.2 Å². The summed E-state index contributed by atoms with van der Waals surface area (Å²) in [5.41, 5.74) is 2.95. The van der Waals surface area contributed by atoms with E-state index in [1.807, 2.05) is 18.2 Å². The van der Waals surface area contributed by atoms with Crippen LogP contribution >= 0.6 is 0 Å². The van der Waals surface area contributed by atoms with Crippen molar-refractivity contribution in [1.29, 1.82) is 0 Å². The van der Waals surface area contributed by atoms with Gasteiger partial charge in [0.1, 0.15) is 5.82 Å². The highest BCUT2D eigenvalue weighted by Gasteiger charge is 2.26. The van der Waals surface area contributed by atoms with Crippen molar-refractivity contribution in [3.05, 3.63) is 59.9 Å². The second-order valence-corrected chi connectivity index (χ2v) is 6.70. The van der Waals surface area contributed by atoms with Gasteiger partial charge < -0.3 is 14.6 Å². The molecule has 1 atom stereocenters. The minimum absolute atomic E-state index is 0.125. The van der Waals surface area contributed by atoms with E-state index in [1.165, 1.54) is 6.07 Å². The highest BCUT2D eigenvalue weighted by Crippen LogP contribution is 2.28. The van der Waals surface area contributed by atoms with E-state index in [-0.39, 0.29) is 24.2 Å². The van der Waals surface area contributed by atoms with E-state index in [4.69, 9.17) is 4.74 Å². The Morgan fingerprint density at radius 3 is 3.00 bits per heavy atom. The predicted octanol–water partition coefficient (Wildman–Crippen LogP) is 3.63. The van der Waals surface area contributed by atoms with Crippen LogP contribution < -0.4 is 4.74 Å². The lowest BCUT2D eigenvalue weighted by Gasteiger charge is -2.32. The van der Waals surface area contributed by atoms with Gasteiger partial charge in [-0.25, -0.2) is 8.78 Å². The Balaban J connectivity index is 1.40. The Hall–Kier alpha value is -2.96. The molecule has 1 amide bonds. The number of carbonyl (C=O) groups is 1. The van der Waals surface area contributed by atoms with Crippen molar-refractivity contribution >= 4 is 16.9 Å². The zero-order valence-electron chi connectivity index (χ0n) is 14.6. The number of hydrogen-bond donors (Lipinski definition) is 1. The fourth-order valence-corrected chi connectivity index (χ4v) is 3.48. The monoisotopic (exact) mass is 371 g/mol. The second-order valence-electron chi connectivity index (χ2n) is 6.70. The molecule has 2 aromatic heterocycles. The van der Waals surface area contributed by atoms with Gasteiger partial charge in [-0.15, -0.1) is 0 Å². The van der Waals surface area contributed by atoms with Crippen LogP contribution in [0, 0.1) is 11.6 Å². The number of ether oxygens (including phenoxy) is 1. The minimum atomic E-state index is -0.815. The SMILES string of the molecule is O=C(COc1ccc(F)cc1F)N1CCC[C@H](c2cc3ncccc3[nH]2)C1. The first-order valence-corrected chi connectivity index (χ1v) is 8.89. The summed E-state index contributed by atoms with van der Waals surface area (Å²) in [6, 6.07) is 8.91. The van der Waals surface area contributed by atoms with Gasteiger partial charge in [0.15, 0.2) is 18.2 Å². The molecule has 3 aromatic rings. The molecular weight excluding hydrogens is 352 g/mol. The molecule has 1 N–H and O–H groups in total. The van der Waals surface area contributed by atoms with Crippen molar-refractivity contribution in [1.82, 2.24) is 14.9 Å². The van der Waals surface area contributed by atoms with Crippen LogP contribution in [0.15, 0.2) is 42.6 Å². The summed E-state index contributed by atoms with van der Waals surface area (Å²) in [4.78, 5) is 21.9. The largest absolute Gasteiger partial charge is 0.481 e. The first kappa shape index (κ1) is 17.5. The molecule has 1 aromatic carbocycles.